The highest BCUT2D eigenvalue weighted by molar-refractivity contribution is 7.92. The lowest BCUT2D eigenvalue weighted by Crippen LogP contribution is -2.13. The maximum Gasteiger partial charge on any atom is 0.270 e. The predicted molar refractivity (Wildman–Crippen MR) is 125 cm³/mol. The highest BCUT2D eigenvalue weighted by Crippen LogP contribution is 2.38. The number of hydrogen-bond acceptors (Lipinski definition) is 7. The van der Waals surface area contributed by atoms with Crippen LogP contribution in [0.15, 0.2) is 65.6 Å². The van der Waals surface area contributed by atoms with Gasteiger partial charge in [-0.1, -0.05) is 30.4 Å². The lowest BCUT2D eigenvalue weighted by Gasteiger charge is -2.12. The molecule has 0 fully saturated rings. The van der Waals surface area contributed by atoms with Crippen LogP contribution in [0.25, 0.3) is 12.2 Å². The van der Waals surface area contributed by atoms with Crippen LogP contribution < -0.4 is 18.9 Å². The van der Waals surface area contributed by atoms with Gasteiger partial charge in [0, 0.05) is 17.8 Å². The minimum atomic E-state index is -4.00. The molecule has 1 N–H and O–H groups in total. The van der Waals surface area contributed by atoms with E-state index in [1.165, 1.54) is 39.5 Å². The lowest BCUT2D eigenvalue weighted by molar-refractivity contribution is -0.385. The van der Waals surface area contributed by atoms with Gasteiger partial charge in [0.1, 0.15) is 0 Å². The van der Waals surface area contributed by atoms with Gasteiger partial charge in [-0.2, -0.15) is 0 Å². The highest BCUT2D eigenvalue weighted by Gasteiger charge is 2.18. The molecule has 3 aromatic rings. The van der Waals surface area contributed by atoms with E-state index in [0.29, 0.717) is 22.9 Å². The first kappa shape index (κ1) is 23.6. The highest BCUT2D eigenvalue weighted by atomic mass is 32.2. The van der Waals surface area contributed by atoms with Crippen molar-refractivity contribution in [1.29, 1.82) is 0 Å². The van der Waals surface area contributed by atoms with Crippen LogP contribution in [0.1, 0.15) is 11.1 Å². The molecule has 0 atom stereocenters. The van der Waals surface area contributed by atoms with Crippen LogP contribution in [0.4, 0.5) is 11.4 Å². The van der Waals surface area contributed by atoms with E-state index in [0.717, 1.165) is 17.2 Å². The summed E-state index contributed by atoms with van der Waals surface area (Å²) in [6.45, 7) is 0. The number of nitro benzene ring substituents is 1. The van der Waals surface area contributed by atoms with Gasteiger partial charge in [0.2, 0.25) is 5.75 Å². The zero-order chi connectivity index (χ0) is 24.0. The summed E-state index contributed by atoms with van der Waals surface area (Å²) in [7, 11) is 0.578. The van der Waals surface area contributed by atoms with E-state index in [2.05, 4.69) is 4.72 Å². The first-order valence-electron chi connectivity index (χ1n) is 9.63. The predicted octanol–water partition coefficient (Wildman–Crippen LogP) is 4.59. The zero-order valence-corrected chi connectivity index (χ0v) is 19.0. The number of ether oxygens (including phenoxy) is 3. The monoisotopic (exact) mass is 470 g/mol. The Kier molecular flexibility index (Phi) is 7.19. The zero-order valence-electron chi connectivity index (χ0n) is 18.1. The molecule has 0 radical (unpaired) electrons. The summed E-state index contributed by atoms with van der Waals surface area (Å²) in [5.74, 6) is 1.50. The number of anilines is 1. The van der Waals surface area contributed by atoms with Crippen LogP contribution in [-0.2, 0) is 10.0 Å². The summed E-state index contributed by atoms with van der Waals surface area (Å²) in [5.41, 5.74) is 1.52. The molecular formula is C23H22N2O7S. The molecule has 33 heavy (non-hydrogen) atoms. The van der Waals surface area contributed by atoms with E-state index in [1.807, 2.05) is 6.08 Å². The van der Waals surface area contributed by atoms with Crippen LogP contribution in [-0.4, -0.2) is 34.7 Å². The maximum absolute atomic E-state index is 12.7. The number of rotatable bonds is 9. The molecule has 0 saturated carbocycles. The van der Waals surface area contributed by atoms with E-state index in [9.17, 15) is 18.5 Å². The van der Waals surface area contributed by atoms with Crippen LogP contribution in [0.5, 0.6) is 17.2 Å². The standard InChI is InChI=1S/C23H22N2O7S/c1-30-21-13-17(14-22(31-2)23(21)32-3)11-10-16-6-4-7-18(12-16)24-33(28,29)20-9-5-8-19(15-20)25(26)27/h4-15,24H,1-3H3. The third-order valence-corrected chi connectivity index (χ3v) is 6.01. The van der Waals surface area contributed by atoms with Gasteiger partial charge in [0.25, 0.3) is 15.7 Å². The Bertz CT molecular complexity index is 1280. The Labute approximate surface area is 191 Å². The number of nitrogens with one attached hydrogen (secondary N) is 1. The number of methoxy groups -OCH3 is 3. The molecule has 0 bridgehead atoms. The fourth-order valence-corrected chi connectivity index (χ4v) is 4.16. The fourth-order valence-electron chi connectivity index (χ4n) is 3.07. The normalized spacial score (nSPS) is 11.2. The number of nitrogens with zero attached hydrogens (tertiary/aromatic N) is 1. The molecule has 0 aromatic heterocycles. The number of non-ortho nitro benzene ring substituents is 1. The van der Waals surface area contributed by atoms with E-state index >= 15 is 0 Å². The van der Waals surface area contributed by atoms with Crippen LogP contribution >= 0.6 is 0 Å². The first-order chi connectivity index (χ1) is 15.8. The van der Waals surface area contributed by atoms with Gasteiger partial charge >= 0.3 is 0 Å². The summed E-state index contributed by atoms with van der Waals surface area (Å²) in [6, 6.07) is 15.2. The van der Waals surface area contributed by atoms with E-state index < -0.39 is 14.9 Å². The Morgan fingerprint density at radius 2 is 1.48 bits per heavy atom. The molecule has 0 heterocycles. The summed E-state index contributed by atoms with van der Waals surface area (Å²) < 4.78 is 43.8. The Morgan fingerprint density at radius 3 is 2.09 bits per heavy atom. The second-order valence-corrected chi connectivity index (χ2v) is 8.46. The molecular weight excluding hydrogens is 448 g/mol. The molecule has 10 heteroatoms. The van der Waals surface area contributed by atoms with E-state index in [-0.39, 0.29) is 10.6 Å². The number of sulfonamides is 1. The summed E-state index contributed by atoms with van der Waals surface area (Å²) in [5, 5.41) is 10.9. The van der Waals surface area contributed by atoms with Gasteiger partial charge in [0.15, 0.2) is 11.5 Å². The molecule has 0 amide bonds. The second-order valence-electron chi connectivity index (χ2n) is 6.78. The maximum atomic E-state index is 12.7. The Balaban J connectivity index is 1.85. The van der Waals surface area contributed by atoms with Crippen LogP contribution in [0.2, 0.25) is 0 Å². The third kappa shape index (κ3) is 5.60. The Hall–Kier alpha value is -4.05. The van der Waals surface area contributed by atoms with Crippen molar-refractivity contribution in [2.75, 3.05) is 26.1 Å². The summed E-state index contributed by atoms with van der Waals surface area (Å²) in [4.78, 5) is 10.1. The minimum absolute atomic E-state index is 0.199. The molecule has 0 aliphatic heterocycles. The summed E-state index contributed by atoms with van der Waals surface area (Å²) >= 11 is 0. The molecule has 0 saturated heterocycles. The van der Waals surface area contributed by atoms with Gasteiger partial charge in [-0.05, 0) is 41.5 Å². The SMILES string of the molecule is COc1cc(C=Cc2cccc(NS(=O)(=O)c3cccc([N+](=O)[O-])c3)c2)cc(OC)c1OC. The van der Waals surface area contributed by atoms with Gasteiger partial charge < -0.3 is 14.2 Å². The first-order valence-corrected chi connectivity index (χ1v) is 11.1. The smallest absolute Gasteiger partial charge is 0.270 e. The molecule has 0 spiro atoms. The van der Waals surface area contributed by atoms with Crippen LogP contribution in [0.3, 0.4) is 0 Å². The van der Waals surface area contributed by atoms with Crippen molar-refractivity contribution < 1.29 is 27.6 Å². The van der Waals surface area contributed by atoms with Crippen LogP contribution in [0, 0.1) is 10.1 Å². The molecule has 0 aliphatic rings. The summed E-state index contributed by atoms with van der Waals surface area (Å²) in [6.07, 6.45) is 3.62. The fraction of sp³-hybridized carbons (Fsp3) is 0.130. The van der Waals surface area contributed by atoms with E-state index in [1.54, 1.807) is 42.5 Å². The molecule has 172 valence electrons. The molecule has 0 unspecified atom stereocenters. The second kappa shape index (κ2) is 10.0. The van der Waals surface area contributed by atoms with Gasteiger partial charge in [-0.25, -0.2) is 8.42 Å². The van der Waals surface area contributed by atoms with Crippen molar-refractivity contribution >= 4 is 33.6 Å². The third-order valence-electron chi connectivity index (χ3n) is 4.63. The number of benzene rings is 3. The number of nitro groups is 1. The van der Waals surface area contributed by atoms with Crippen molar-refractivity contribution in [1.82, 2.24) is 0 Å². The average molecular weight is 471 g/mol. The molecule has 9 nitrogen and oxygen atoms in total. The molecule has 3 aromatic carbocycles. The largest absolute Gasteiger partial charge is 0.493 e. The van der Waals surface area contributed by atoms with Gasteiger partial charge in [-0.3, -0.25) is 14.8 Å². The number of hydrogen-bond donors (Lipinski definition) is 1. The average Bonchev–Trinajstić information content (AvgIpc) is 2.82. The van der Waals surface area contributed by atoms with Crippen molar-refractivity contribution in [3.05, 3.63) is 81.9 Å². The van der Waals surface area contributed by atoms with Gasteiger partial charge in [0.05, 0.1) is 31.1 Å². The molecule has 3 rings (SSSR count). The lowest BCUT2D eigenvalue weighted by atomic mass is 10.1. The Morgan fingerprint density at radius 1 is 0.848 bits per heavy atom. The van der Waals surface area contributed by atoms with Gasteiger partial charge in [-0.15, -0.1) is 0 Å². The quantitative estimate of drug-likeness (QED) is 0.276. The minimum Gasteiger partial charge on any atom is -0.493 e. The van der Waals surface area contributed by atoms with Crippen molar-refractivity contribution in [3.8, 4) is 17.2 Å². The van der Waals surface area contributed by atoms with Crippen molar-refractivity contribution in [2.45, 2.75) is 4.90 Å². The van der Waals surface area contributed by atoms with Crippen molar-refractivity contribution in [2.24, 2.45) is 0 Å². The van der Waals surface area contributed by atoms with Crippen molar-refractivity contribution in [3.63, 3.8) is 0 Å². The molecule has 0 aliphatic carbocycles. The topological polar surface area (TPSA) is 117 Å². The van der Waals surface area contributed by atoms with E-state index in [4.69, 9.17) is 14.2 Å².